The van der Waals surface area contributed by atoms with Crippen LogP contribution in [0.3, 0.4) is 0 Å². The third-order valence-corrected chi connectivity index (χ3v) is 2.11. The van der Waals surface area contributed by atoms with E-state index in [1.54, 1.807) is 0 Å². The second-order valence-corrected chi connectivity index (χ2v) is 2.73. The molecule has 0 atom stereocenters. The normalized spacial score (nSPS) is 21.4. The van der Waals surface area contributed by atoms with Gasteiger partial charge in [-0.3, -0.25) is 4.90 Å². The summed E-state index contributed by atoms with van der Waals surface area (Å²) in [5, 5.41) is 9.47. The molecule has 1 fully saturated rings. The van der Waals surface area contributed by atoms with E-state index in [1.807, 2.05) is 0 Å². The Labute approximate surface area is 59.6 Å². The second-order valence-electron chi connectivity index (χ2n) is 2.73. The van der Waals surface area contributed by atoms with Gasteiger partial charge in [0.05, 0.1) is 0 Å². The maximum absolute atomic E-state index is 10.5. The largest absolute Gasteiger partial charge is 0.371 e. The first kappa shape index (κ1) is 7.34. The Bertz CT molecular complexity index is 154. The smallest absolute Gasteiger partial charge is 0.316 e. The van der Waals surface area contributed by atoms with Crippen LogP contribution in [0.1, 0.15) is 19.3 Å². The SMILES string of the molecule is CN(C(N)=O)C1(O)CCC1. The number of carbonyl (C=O) groups excluding carboxylic acids is 1. The first-order valence-electron chi connectivity index (χ1n) is 3.32. The van der Waals surface area contributed by atoms with Crippen molar-refractivity contribution in [2.24, 2.45) is 5.73 Å². The maximum Gasteiger partial charge on any atom is 0.316 e. The number of hydrogen-bond donors (Lipinski definition) is 2. The van der Waals surface area contributed by atoms with E-state index in [0.29, 0.717) is 12.8 Å². The topological polar surface area (TPSA) is 66.6 Å². The minimum absolute atomic E-state index is 0.567. The van der Waals surface area contributed by atoms with Crippen molar-refractivity contribution >= 4 is 6.03 Å². The van der Waals surface area contributed by atoms with Crippen LogP contribution in [0, 0.1) is 0 Å². The average Bonchev–Trinajstić information content (AvgIpc) is 1.81. The molecule has 0 unspecified atom stereocenters. The van der Waals surface area contributed by atoms with Crippen molar-refractivity contribution in [1.82, 2.24) is 4.90 Å². The average molecular weight is 144 g/mol. The van der Waals surface area contributed by atoms with Crippen molar-refractivity contribution in [1.29, 1.82) is 0 Å². The highest BCUT2D eigenvalue weighted by Gasteiger charge is 2.40. The van der Waals surface area contributed by atoms with Crippen molar-refractivity contribution in [2.45, 2.75) is 25.0 Å². The van der Waals surface area contributed by atoms with Crippen molar-refractivity contribution in [3.8, 4) is 0 Å². The van der Waals surface area contributed by atoms with Crippen LogP contribution < -0.4 is 5.73 Å². The number of amides is 2. The van der Waals surface area contributed by atoms with Crippen molar-refractivity contribution in [2.75, 3.05) is 7.05 Å². The summed E-state index contributed by atoms with van der Waals surface area (Å²) in [7, 11) is 1.52. The molecule has 4 heteroatoms. The third kappa shape index (κ3) is 0.945. The van der Waals surface area contributed by atoms with Gasteiger partial charge in [0.25, 0.3) is 0 Å². The van der Waals surface area contributed by atoms with Gasteiger partial charge in [0.15, 0.2) is 0 Å². The molecule has 0 aromatic heterocycles. The number of urea groups is 1. The Morgan fingerprint density at radius 3 is 2.30 bits per heavy atom. The summed E-state index contributed by atoms with van der Waals surface area (Å²) in [4.78, 5) is 11.7. The number of rotatable bonds is 1. The number of hydrogen-bond acceptors (Lipinski definition) is 2. The fourth-order valence-electron chi connectivity index (χ4n) is 1.03. The fourth-order valence-corrected chi connectivity index (χ4v) is 1.03. The van der Waals surface area contributed by atoms with E-state index in [4.69, 9.17) is 5.73 Å². The lowest BCUT2D eigenvalue weighted by atomic mass is 9.87. The van der Waals surface area contributed by atoms with E-state index in [1.165, 1.54) is 11.9 Å². The molecule has 0 heterocycles. The van der Waals surface area contributed by atoms with E-state index in [0.717, 1.165) is 6.42 Å². The quantitative estimate of drug-likeness (QED) is 0.503. The van der Waals surface area contributed by atoms with Crippen LogP contribution in [0.15, 0.2) is 0 Å². The lowest BCUT2D eigenvalue weighted by Crippen LogP contribution is -2.55. The van der Waals surface area contributed by atoms with Gasteiger partial charge in [-0.1, -0.05) is 0 Å². The molecule has 2 amide bonds. The number of carbonyl (C=O) groups is 1. The Morgan fingerprint density at radius 2 is 2.20 bits per heavy atom. The zero-order valence-corrected chi connectivity index (χ0v) is 6.00. The van der Waals surface area contributed by atoms with E-state index >= 15 is 0 Å². The highest BCUT2D eigenvalue weighted by Crippen LogP contribution is 2.33. The van der Waals surface area contributed by atoms with Crippen LogP contribution in [-0.2, 0) is 0 Å². The predicted molar refractivity (Wildman–Crippen MR) is 36.1 cm³/mol. The summed E-state index contributed by atoms with van der Waals surface area (Å²) >= 11 is 0. The molecule has 10 heavy (non-hydrogen) atoms. The molecule has 4 nitrogen and oxygen atoms in total. The number of nitrogens with two attached hydrogens (primary N) is 1. The zero-order chi connectivity index (χ0) is 7.78. The molecule has 0 aromatic carbocycles. The second kappa shape index (κ2) is 2.12. The summed E-state index contributed by atoms with van der Waals surface area (Å²) in [6.07, 6.45) is 2.26. The Hall–Kier alpha value is -0.770. The van der Waals surface area contributed by atoms with Crippen LogP contribution in [0.5, 0.6) is 0 Å². The summed E-state index contributed by atoms with van der Waals surface area (Å²) in [5.74, 6) is 0. The molecule has 0 spiro atoms. The van der Waals surface area contributed by atoms with Crippen LogP contribution in [0.2, 0.25) is 0 Å². The first-order valence-corrected chi connectivity index (χ1v) is 3.32. The van der Waals surface area contributed by atoms with E-state index in [2.05, 4.69) is 0 Å². The van der Waals surface area contributed by atoms with Gasteiger partial charge < -0.3 is 10.8 Å². The molecule has 1 aliphatic carbocycles. The van der Waals surface area contributed by atoms with Gasteiger partial charge >= 0.3 is 6.03 Å². The first-order chi connectivity index (χ1) is 4.56. The number of nitrogens with zero attached hydrogens (tertiary/aromatic N) is 1. The minimum Gasteiger partial charge on any atom is -0.371 e. The summed E-state index contributed by atoms with van der Waals surface area (Å²) in [6, 6.07) is -0.567. The van der Waals surface area contributed by atoms with Gasteiger partial charge in [0, 0.05) is 7.05 Å². The van der Waals surface area contributed by atoms with Gasteiger partial charge in [-0.25, -0.2) is 4.79 Å². The van der Waals surface area contributed by atoms with Gasteiger partial charge in [-0.05, 0) is 19.3 Å². The molecule has 1 rings (SSSR count). The molecule has 58 valence electrons. The summed E-state index contributed by atoms with van der Waals surface area (Å²) < 4.78 is 0. The molecular formula is C6H12N2O2. The standard InChI is InChI=1S/C6H12N2O2/c1-8(5(7)9)6(10)3-2-4-6/h10H,2-4H2,1H3,(H2,7,9). The molecule has 1 aliphatic rings. The molecule has 1 saturated carbocycles. The summed E-state index contributed by atoms with van der Waals surface area (Å²) in [6.45, 7) is 0. The fraction of sp³-hybridized carbons (Fsp3) is 0.833. The number of aliphatic hydroxyl groups is 1. The van der Waals surface area contributed by atoms with E-state index in [-0.39, 0.29) is 0 Å². The number of primary amides is 1. The van der Waals surface area contributed by atoms with Gasteiger partial charge in [-0.2, -0.15) is 0 Å². The van der Waals surface area contributed by atoms with Gasteiger partial charge in [-0.15, -0.1) is 0 Å². The van der Waals surface area contributed by atoms with Crippen molar-refractivity contribution in [3.63, 3.8) is 0 Å². The third-order valence-electron chi connectivity index (χ3n) is 2.11. The lowest BCUT2D eigenvalue weighted by molar-refractivity contribution is -0.126. The lowest BCUT2D eigenvalue weighted by Gasteiger charge is -2.42. The molecule has 0 aliphatic heterocycles. The highest BCUT2D eigenvalue weighted by atomic mass is 16.3. The van der Waals surface area contributed by atoms with Crippen molar-refractivity contribution < 1.29 is 9.90 Å². The molecule has 0 bridgehead atoms. The summed E-state index contributed by atoms with van der Waals surface area (Å²) in [5.41, 5.74) is 4.02. The molecular weight excluding hydrogens is 132 g/mol. The Kier molecular flexibility index (Phi) is 1.56. The molecule has 3 N–H and O–H groups in total. The Morgan fingerprint density at radius 1 is 1.70 bits per heavy atom. The Balaban J connectivity index is 2.54. The van der Waals surface area contributed by atoms with Gasteiger partial charge in [0.1, 0.15) is 5.72 Å². The molecule has 0 saturated heterocycles. The van der Waals surface area contributed by atoms with Gasteiger partial charge in [0.2, 0.25) is 0 Å². The van der Waals surface area contributed by atoms with Crippen LogP contribution in [0.4, 0.5) is 4.79 Å². The van der Waals surface area contributed by atoms with Crippen LogP contribution >= 0.6 is 0 Å². The maximum atomic E-state index is 10.5. The monoisotopic (exact) mass is 144 g/mol. The van der Waals surface area contributed by atoms with Crippen molar-refractivity contribution in [3.05, 3.63) is 0 Å². The predicted octanol–water partition coefficient (Wildman–Crippen LogP) is -0.131. The van der Waals surface area contributed by atoms with Crippen LogP contribution in [-0.4, -0.2) is 28.8 Å². The molecule has 0 aromatic rings. The van der Waals surface area contributed by atoms with E-state index in [9.17, 15) is 9.90 Å². The zero-order valence-electron chi connectivity index (χ0n) is 6.00. The van der Waals surface area contributed by atoms with Crippen LogP contribution in [0.25, 0.3) is 0 Å². The minimum atomic E-state index is -0.939. The van der Waals surface area contributed by atoms with E-state index < -0.39 is 11.8 Å². The molecule has 0 radical (unpaired) electrons. The highest BCUT2D eigenvalue weighted by molar-refractivity contribution is 5.72.